The predicted molar refractivity (Wildman–Crippen MR) is 117 cm³/mol. The lowest BCUT2D eigenvalue weighted by Gasteiger charge is -2.22. The van der Waals surface area contributed by atoms with Gasteiger partial charge in [0, 0.05) is 31.2 Å². The summed E-state index contributed by atoms with van der Waals surface area (Å²) < 4.78 is 0. The molecule has 0 heterocycles. The van der Waals surface area contributed by atoms with Crippen LogP contribution >= 0.6 is 0 Å². The van der Waals surface area contributed by atoms with E-state index in [1.807, 2.05) is 50.2 Å². The number of amides is 2. The second-order valence-electron chi connectivity index (χ2n) is 7.85. The highest BCUT2D eigenvalue weighted by Gasteiger charge is 2.30. The molecule has 1 saturated carbocycles. The molecular formula is C24H31N3O2. The van der Waals surface area contributed by atoms with Crippen LogP contribution in [0.5, 0.6) is 0 Å². The van der Waals surface area contributed by atoms with Crippen molar-refractivity contribution in [1.82, 2.24) is 10.2 Å². The average molecular weight is 394 g/mol. The first kappa shape index (κ1) is 21.1. The van der Waals surface area contributed by atoms with E-state index in [1.54, 1.807) is 0 Å². The van der Waals surface area contributed by atoms with Gasteiger partial charge in [0.15, 0.2) is 0 Å². The van der Waals surface area contributed by atoms with Gasteiger partial charge in [-0.25, -0.2) is 0 Å². The fourth-order valence-electron chi connectivity index (χ4n) is 3.53. The normalized spacial score (nSPS) is 13.3. The summed E-state index contributed by atoms with van der Waals surface area (Å²) in [4.78, 5) is 26.9. The highest BCUT2D eigenvalue weighted by atomic mass is 16.2. The molecule has 0 bridgehead atoms. The number of rotatable bonds is 10. The Morgan fingerprint density at radius 3 is 2.31 bits per heavy atom. The van der Waals surface area contributed by atoms with Gasteiger partial charge in [-0.05, 0) is 49.8 Å². The third-order valence-electron chi connectivity index (χ3n) is 5.36. The van der Waals surface area contributed by atoms with Crippen LogP contribution < -0.4 is 10.6 Å². The quantitative estimate of drug-likeness (QED) is 0.650. The van der Waals surface area contributed by atoms with Crippen molar-refractivity contribution in [2.45, 2.75) is 45.6 Å². The van der Waals surface area contributed by atoms with E-state index in [1.165, 1.54) is 5.56 Å². The van der Waals surface area contributed by atoms with Crippen LogP contribution in [-0.2, 0) is 16.0 Å². The second-order valence-corrected chi connectivity index (χ2v) is 7.85. The second kappa shape index (κ2) is 10.2. The Morgan fingerprint density at radius 1 is 0.966 bits per heavy atom. The molecule has 29 heavy (non-hydrogen) atoms. The summed E-state index contributed by atoms with van der Waals surface area (Å²) in [6.07, 6.45) is 3.46. The molecule has 0 spiro atoms. The number of carbonyl (C=O) groups is 2. The number of nitrogens with one attached hydrogen (secondary N) is 2. The fourth-order valence-corrected chi connectivity index (χ4v) is 3.53. The maximum absolute atomic E-state index is 12.6. The molecule has 2 aromatic rings. The zero-order chi connectivity index (χ0) is 20.6. The zero-order valence-corrected chi connectivity index (χ0v) is 17.4. The molecule has 0 aromatic heterocycles. The molecule has 1 fully saturated rings. The van der Waals surface area contributed by atoms with Crippen LogP contribution in [0.25, 0.3) is 0 Å². The van der Waals surface area contributed by atoms with E-state index in [2.05, 4.69) is 27.7 Å². The van der Waals surface area contributed by atoms with Gasteiger partial charge in [-0.3, -0.25) is 14.5 Å². The molecular weight excluding hydrogens is 362 g/mol. The van der Waals surface area contributed by atoms with Gasteiger partial charge < -0.3 is 10.6 Å². The summed E-state index contributed by atoms with van der Waals surface area (Å²) in [6, 6.07) is 16.6. The predicted octanol–water partition coefficient (Wildman–Crippen LogP) is 3.46. The molecule has 0 aliphatic heterocycles. The number of anilines is 1. The Balaban J connectivity index is 1.43. The Kier molecular flexibility index (Phi) is 7.42. The molecule has 5 nitrogen and oxygen atoms in total. The van der Waals surface area contributed by atoms with Gasteiger partial charge in [0.2, 0.25) is 11.8 Å². The summed E-state index contributed by atoms with van der Waals surface area (Å²) in [5.41, 5.74) is 4.24. The summed E-state index contributed by atoms with van der Waals surface area (Å²) in [5, 5.41) is 6.04. The summed E-state index contributed by atoms with van der Waals surface area (Å²) in [5.74, 6) is 0.0283. The Hall–Kier alpha value is -2.66. The number of hydrogen-bond donors (Lipinski definition) is 2. The maximum Gasteiger partial charge on any atom is 0.238 e. The number of aryl methyl sites for hydroxylation is 2. The molecule has 5 heteroatoms. The number of benzene rings is 2. The minimum Gasteiger partial charge on any atom is -0.356 e. The van der Waals surface area contributed by atoms with Gasteiger partial charge in [-0.1, -0.05) is 48.5 Å². The van der Waals surface area contributed by atoms with Crippen LogP contribution in [0.4, 0.5) is 5.69 Å². The van der Waals surface area contributed by atoms with Crippen LogP contribution in [0.15, 0.2) is 48.5 Å². The highest BCUT2D eigenvalue weighted by Crippen LogP contribution is 2.27. The smallest absolute Gasteiger partial charge is 0.238 e. The molecule has 0 radical (unpaired) electrons. The van der Waals surface area contributed by atoms with Crippen LogP contribution in [0.1, 0.15) is 36.0 Å². The third kappa shape index (κ3) is 6.71. The minimum absolute atomic E-state index is 0.0150. The van der Waals surface area contributed by atoms with Gasteiger partial charge in [-0.15, -0.1) is 0 Å². The van der Waals surface area contributed by atoms with Crippen molar-refractivity contribution in [3.05, 3.63) is 65.2 Å². The van der Waals surface area contributed by atoms with E-state index in [0.29, 0.717) is 32.1 Å². The SMILES string of the molecule is Cc1cccc(C)c1NC(=O)CN(CCC(=O)NCCc1ccccc1)C1CC1. The van der Waals surface area contributed by atoms with Gasteiger partial charge in [0.25, 0.3) is 0 Å². The van der Waals surface area contributed by atoms with Crippen molar-refractivity contribution >= 4 is 17.5 Å². The van der Waals surface area contributed by atoms with Gasteiger partial charge >= 0.3 is 0 Å². The first-order valence-electron chi connectivity index (χ1n) is 10.4. The van der Waals surface area contributed by atoms with E-state index >= 15 is 0 Å². The molecule has 0 unspecified atom stereocenters. The van der Waals surface area contributed by atoms with Crippen molar-refractivity contribution in [3.8, 4) is 0 Å². The van der Waals surface area contributed by atoms with Crippen molar-refractivity contribution < 1.29 is 9.59 Å². The standard InChI is InChI=1S/C24H31N3O2/c1-18-7-6-8-19(2)24(18)26-23(29)17-27(21-11-12-21)16-14-22(28)25-15-13-20-9-4-3-5-10-20/h3-10,21H,11-17H2,1-2H3,(H,25,28)(H,26,29). The molecule has 2 N–H and O–H groups in total. The van der Waals surface area contributed by atoms with Crippen LogP contribution in [0.3, 0.4) is 0 Å². The number of hydrogen-bond acceptors (Lipinski definition) is 3. The molecule has 2 amide bonds. The van der Waals surface area contributed by atoms with Crippen molar-refractivity contribution in [3.63, 3.8) is 0 Å². The van der Waals surface area contributed by atoms with E-state index in [0.717, 1.165) is 36.1 Å². The van der Waals surface area contributed by atoms with E-state index < -0.39 is 0 Å². The summed E-state index contributed by atoms with van der Waals surface area (Å²) in [7, 11) is 0. The monoisotopic (exact) mass is 393 g/mol. The van der Waals surface area contributed by atoms with Gasteiger partial charge in [-0.2, -0.15) is 0 Å². The maximum atomic E-state index is 12.6. The van der Waals surface area contributed by atoms with Crippen molar-refractivity contribution in [2.24, 2.45) is 0 Å². The van der Waals surface area contributed by atoms with Crippen molar-refractivity contribution in [2.75, 3.05) is 25.0 Å². The highest BCUT2D eigenvalue weighted by molar-refractivity contribution is 5.93. The lowest BCUT2D eigenvalue weighted by Crippen LogP contribution is -2.38. The zero-order valence-electron chi connectivity index (χ0n) is 17.4. The van der Waals surface area contributed by atoms with E-state index in [-0.39, 0.29) is 11.8 Å². The number of para-hydroxylation sites is 1. The van der Waals surface area contributed by atoms with Crippen LogP contribution in [0.2, 0.25) is 0 Å². The molecule has 0 saturated heterocycles. The van der Waals surface area contributed by atoms with Gasteiger partial charge in [0.05, 0.1) is 6.54 Å². The number of nitrogens with zero attached hydrogens (tertiary/aromatic N) is 1. The Bertz CT molecular complexity index is 811. The van der Waals surface area contributed by atoms with Crippen LogP contribution in [0, 0.1) is 13.8 Å². The topological polar surface area (TPSA) is 61.4 Å². The Labute approximate surface area is 173 Å². The summed E-state index contributed by atoms with van der Waals surface area (Å²) >= 11 is 0. The first-order chi connectivity index (χ1) is 14.0. The van der Waals surface area contributed by atoms with E-state index in [9.17, 15) is 9.59 Å². The lowest BCUT2D eigenvalue weighted by atomic mass is 10.1. The van der Waals surface area contributed by atoms with E-state index in [4.69, 9.17) is 0 Å². The third-order valence-corrected chi connectivity index (χ3v) is 5.36. The molecule has 2 aromatic carbocycles. The molecule has 1 aliphatic carbocycles. The fraction of sp³-hybridized carbons (Fsp3) is 0.417. The summed E-state index contributed by atoms with van der Waals surface area (Å²) in [6.45, 7) is 5.58. The van der Waals surface area contributed by atoms with Crippen molar-refractivity contribution in [1.29, 1.82) is 0 Å². The lowest BCUT2D eigenvalue weighted by molar-refractivity contribution is -0.122. The molecule has 154 valence electrons. The molecule has 3 rings (SSSR count). The van der Waals surface area contributed by atoms with Gasteiger partial charge in [0.1, 0.15) is 0 Å². The minimum atomic E-state index is -0.0150. The largest absolute Gasteiger partial charge is 0.356 e. The number of carbonyl (C=O) groups excluding carboxylic acids is 2. The van der Waals surface area contributed by atoms with Crippen LogP contribution in [-0.4, -0.2) is 42.4 Å². The molecule has 0 atom stereocenters. The molecule has 1 aliphatic rings. The first-order valence-corrected chi connectivity index (χ1v) is 10.4. The average Bonchev–Trinajstić information content (AvgIpc) is 3.54. The Morgan fingerprint density at radius 2 is 1.66 bits per heavy atom.